The number of ether oxygens (including phenoxy) is 1. The molecule has 0 aliphatic rings. The Balaban J connectivity index is 1.71. The van der Waals surface area contributed by atoms with Gasteiger partial charge >= 0.3 is 0 Å². The summed E-state index contributed by atoms with van der Waals surface area (Å²) < 4.78 is 32.2. The van der Waals surface area contributed by atoms with Crippen LogP contribution in [0.15, 0.2) is 64.3 Å². The number of thiophene rings is 1. The van der Waals surface area contributed by atoms with Gasteiger partial charge in [-0.1, -0.05) is 12.1 Å². The zero-order chi connectivity index (χ0) is 17.0. The maximum atomic E-state index is 12.2. The lowest BCUT2D eigenvalue weighted by Crippen LogP contribution is -2.11. The van der Waals surface area contributed by atoms with Crippen LogP contribution >= 0.6 is 11.3 Å². The number of benzene rings is 1. The molecule has 24 heavy (non-hydrogen) atoms. The van der Waals surface area contributed by atoms with Gasteiger partial charge in [0.15, 0.2) is 0 Å². The molecule has 3 aromatic rings. The van der Waals surface area contributed by atoms with E-state index in [1.807, 2.05) is 24.3 Å². The van der Waals surface area contributed by atoms with Gasteiger partial charge in [-0.15, -0.1) is 11.3 Å². The minimum atomic E-state index is -3.56. The Morgan fingerprint density at radius 1 is 1.08 bits per heavy atom. The largest absolute Gasteiger partial charge is 0.497 e. The summed E-state index contributed by atoms with van der Waals surface area (Å²) in [7, 11) is -1.96. The first kappa shape index (κ1) is 16.3. The van der Waals surface area contributed by atoms with E-state index in [1.165, 1.54) is 6.20 Å². The fourth-order valence-electron chi connectivity index (χ4n) is 2.00. The van der Waals surface area contributed by atoms with E-state index in [2.05, 4.69) is 15.0 Å². The van der Waals surface area contributed by atoms with E-state index in [4.69, 9.17) is 4.74 Å². The third kappa shape index (κ3) is 3.84. The molecule has 2 N–H and O–H groups in total. The van der Waals surface area contributed by atoms with Crippen LogP contribution in [0.4, 0.5) is 17.2 Å². The second kappa shape index (κ2) is 6.90. The molecule has 0 bridgehead atoms. The van der Waals surface area contributed by atoms with Gasteiger partial charge in [0.05, 0.1) is 19.0 Å². The number of nitrogens with zero attached hydrogens (tertiary/aromatic N) is 1. The van der Waals surface area contributed by atoms with Crippen molar-refractivity contribution in [2.75, 3.05) is 17.1 Å². The smallest absolute Gasteiger partial charge is 0.271 e. The minimum absolute atomic E-state index is 0.265. The molecule has 0 unspecified atom stereocenters. The Morgan fingerprint density at radius 2 is 1.96 bits per heavy atom. The molecule has 0 atom stereocenters. The van der Waals surface area contributed by atoms with Gasteiger partial charge in [0, 0.05) is 11.8 Å². The number of rotatable bonds is 6. The van der Waals surface area contributed by atoms with E-state index < -0.39 is 10.0 Å². The van der Waals surface area contributed by atoms with Crippen LogP contribution in [0.2, 0.25) is 0 Å². The molecule has 3 rings (SSSR count). The number of anilines is 3. The lowest BCUT2D eigenvalue weighted by molar-refractivity contribution is 0.415. The molecule has 0 radical (unpaired) electrons. The highest BCUT2D eigenvalue weighted by molar-refractivity contribution is 7.94. The predicted octanol–water partition coefficient (Wildman–Crippen LogP) is 3.70. The van der Waals surface area contributed by atoms with E-state index in [9.17, 15) is 8.42 Å². The fraction of sp³-hybridized carbons (Fsp3) is 0.0625. The maximum absolute atomic E-state index is 12.2. The van der Waals surface area contributed by atoms with Crippen LogP contribution in [0, 0.1) is 0 Å². The zero-order valence-electron chi connectivity index (χ0n) is 12.8. The lowest BCUT2D eigenvalue weighted by Gasteiger charge is -2.09. The van der Waals surface area contributed by atoms with Crippen LogP contribution in [0.5, 0.6) is 5.75 Å². The van der Waals surface area contributed by atoms with Crippen LogP contribution in [0.1, 0.15) is 0 Å². The molecule has 0 amide bonds. The molecule has 1 aromatic carbocycles. The Bertz CT molecular complexity index is 908. The number of hydrogen-bond acceptors (Lipinski definition) is 6. The quantitative estimate of drug-likeness (QED) is 0.700. The Labute approximate surface area is 144 Å². The van der Waals surface area contributed by atoms with Gasteiger partial charge < -0.3 is 10.1 Å². The lowest BCUT2D eigenvalue weighted by atomic mass is 10.3. The van der Waals surface area contributed by atoms with Crippen LogP contribution in [-0.4, -0.2) is 20.5 Å². The zero-order valence-corrected chi connectivity index (χ0v) is 14.4. The SMILES string of the molecule is COc1cccc(Nc2ccc(NS(=O)(=O)c3cccs3)cn2)c1. The molecule has 6 nitrogen and oxygen atoms in total. The standard InChI is InChI=1S/C16H15N3O3S2/c1-22-14-5-2-4-12(10-14)18-15-8-7-13(11-17-15)19-24(20,21)16-6-3-9-23-16/h2-11,19H,1H3,(H,17,18). The topological polar surface area (TPSA) is 80.3 Å². The highest BCUT2D eigenvalue weighted by Gasteiger charge is 2.15. The van der Waals surface area contributed by atoms with Crippen molar-refractivity contribution < 1.29 is 13.2 Å². The summed E-state index contributed by atoms with van der Waals surface area (Å²) >= 11 is 1.16. The third-order valence-corrected chi connectivity index (χ3v) is 5.90. The highest BCUT2D eigenvalue weighted by atomic mass is 32.2. The first-order valence-electron chi connectivity index (χ1n) is 7.00. The molecule has 8 heteroatoms. The average Bonchev–Trinajstić information content (AvgIpc) is 3.12. The van der Waals surface area contributed by atoms with Gasteiger partial charge in [-0.25, -0.2) is 13.4 Å². The fourth-order valence-corrected chi connectivity index (χ4v) is 4.03. The molecule has 0 saturated carbocycles. The molecule has 2 aromatic heterocycles. The van der Waals surface area contributed by atoms with Crippen LogP contribution in [0.25, 0.3) is 0 Å². The van der Waals surface area contributed by atoms with Gasteiger partial charge in [0.1, 0.15) is 15.8 Å². The van der Waals surface area contributed by atoms with Crippen molar-refractivity contribution in [3.8, 4) is 5.75 Å². The second-order valence-corrected chi connectivity index (χ2v) is 7.68. The molecule has 2 heterocycles. The molecule has 0 fully saturated rings. The van der Waals surface area contributed by atoms with E-state index in [0.29, 0.717) is 11.5 Å². The molecule has 0 saturated heterocycles. The van der Waals surface area contributed by atoms with E-state index in [0.717, 1.165) is 22.8 Å². The Morgan fingerprint density at radius 3 is 2.62 bits per heavy atom. The molecule has 124 valence electrons. The predicted molar refractivity (Wildman–Crippen MR) is 95.6 cm³/mol. The Hall–Kier alpha value is -2.58. The summed E-state index contributed by atoms with van der Waals surface area (Å²) in [4.78, 5) is 4.22. The number of sulfonamides is 1. The van der Waals surface area contributed by atoms with E-state index >= 15 is 0 Å². The van der Waals surface area contributed by atoms with Crippen molar-refractivity contribution in [3.63, 3.8) is 0 Å². The van der Waals surface area contributed by atoms with Crippen LogP contribution in [-0.2, 0) is 10.0 Å². The molecule has 0 aliphatic carbocycles. The summed E-state index contributed by atoms with van der Waals surface area (Å²) in [5.74, 6) is 1.34. The van der Waals surface area contributed by atoms with Crippen molar-refractivity contribution in [3.05, 3.63) is 60.1 Å². The molecular weight excluding hydrogens is 346 g/mol. The average molecular weight is 361 g/mol. The number of aromatic nitrogens is 1. The normalized spacial score (nSPS) is 11.0. The third-order valence-electron chi connectivity index (χ3n) is 3.12. The number of methoxy groups -OCH3 is 1. The molecule has 0 spiro atoms. The summed E-state index contributed by atoms with van der Waals surface area (Å²) in [5.41, 5.74) is 1.23. The van der Waals surface area contributed by atoms with Gasteiger partial charge in [-0.3, -0.25) is 4.72 Å². The summed E-state index contributed by atoms with van der Waals surface area (Å²) in [5, 5.41) is 4.85. The van der Waals surface area contributed by atoms with Crippen LogP contribution in [0.3, 0.4) is 0 Å². The van der Waals surface area contributed by atoms with Crippen LogP contribution < -0.4 is 14.8 Å². The van der Waals surface area contributed by atoms with Crippen molar-refractivity contribution in [2.45, 2.75) is 4.21 Å². The van der Waals surface area contributed by atoms with Gasteiger partial charge in [0.25, 0.3) is 10.0 Å². The van der Waals surface area contributed by atoms with Gasteiger partial charge in [0.2, 0.25) is 0 Å². The minimum Gasteiger partial charge on any atom is -0.497 e. The van der Waals surface area contributed by atoms with Gasteiger partial charge in [-0.05, 0) is 35.7 Å². The van der Waals surface area contributed by atoms with Crippen molar-refractivity contribution >= 4 is 38.6 Å². The van der Waals surface area contributed by atoms with Gasteiger partial charge in [-0.2, -0.15) is 0 Å². The first-order valence-corrected chi connectivity index (χ1v) is 9.36. The summed E-state index contributed by atoms with van der Waals surface area (Å²) in [6.45, 7) is 0. The van der Waals surface area contributed by atoms with Crippen molar-refractivity contribution in [2.24, 2.45) is 0 Å². The van der Waals surface area contributed by atoms with E-state index in [-0.39, 0.29) is 4.21 Å². The summed E-state index contributed by atoms with van der Waals surface area (Å²) in [6, 6.07) is 14.0. The summed E-state index contributed by atoms with van der Waals surface area (Å²) in [6.07, 6.45) is 1.47. The second-order valence-electron chi connectivity index (χ2n) is 4.83. The number of hydrogen-bond donors (Lipinski definition) is 2. The highest BCUT2D eigenvalue weighted by Crippen LogP contribution is 2.23. The first-order chi connectivity index (χ1) is 11.6. The van der Waals surface area contributed by atoms with Crippen molar-refractivity contribution in [1.29, 1.82) is 0 Å². The molecular formula is C16H15N3O3S2. The van der Waals surface area contributed by atoms with Crippen molar-refractivity contribution in [1.82, 2.24) is 4.98 Å². The molecule has 0 aliphatic heterocycles. The Kier molecular flexibility index (Phi) is 4.68. The monoisotopic (exact) mass is 361 g/mol. The number of nitrogens with one attached hydrogen (secondary N) is 2. The maximum Gasteiger partial charge on any atom is 0.271 e. The van der Waals surface area contributed by atoms with E-state index in [1.54, 1.807) is 36.8 Å². The number of pyridine rings is 1.